The SMILES string of the molecule is O=C(CSc1ccc2ccccc2n1)N/N=C\c1ccccc1I. The second-order valence-corrected chi connectivity index (χ2v) is 7.10. The van der Waals surface area contributed by atoms with Gasteiger partial charge in [0.05, 0.1) is 22.5 Å². The van der Waals surface area contributed by atoms with E-state index in [4.69, 9.17) is 0 Å². The monoisotopic (exact) mass is 447 g/mol. The number of hydrogen-bond acceptors (Lipinski definition) is 4. The summed E-state index contributed by atoms with van der Waals surface area (Å²) in [4.78, 5) is 16.4. The summed E-state index contributed by atoms with van der Waals surface area (Å²) in [6.07, 6.45) is 1.65. The van der Waals surface area contributed by atoms with Crippen LogP contribution in [0.3, 0.4) is 0 Å². The third-order valence-electron chi connectivity index (χ3n) is 3.22. The lowest BCUT2D eigenvalue weighted by Gasteiger charge is -2.02. The van der Waals surface area contributed by atoms with Crippen LogP contribution >= 0.6 is 34.4 Å². The highest BCUT2D eigenvalue weighted by atomic mass is 127. The van der Waals surface area contributed by atoms with Gasteiger partial charge in [0.15, 0.2) is 0 Å². The van der Waals surface area contributed by atoms with Crippen molar-refractivity contribution in [2.75, 3.05) is 5.75 Å². The molecule has 0 aliphatic carbocycles. The number of carbonyl (C=O) groups is 1. The van der Waals surface area contributed by atoms with E-state index in [0.29, 0.717) is 0 Å². The first-order valence-corrected chi connectivity index (χ1v) is 9.34. The number of aromatic nitrogens is 1. The van der Waals surface area contributed by atoms with Crippen LogP contribution in [0.5, 0.6) is 0 Å². The van der Waals surface area contributed by atoms with Crippen molar-refractivity contribution >= 4 is 57.4 Å². The summed E-state index contributed by atoms with van der Waals surface area (Å²) in [6, 6.07) is 19.7. The van der Waals surface area contributed by atoms with Gasteiger partial charge < -0.3 is 0 Å². The molecule has 6 heteroatoms. The second-order valence-electron chi connectivity index (χ2n) is 4.95. The van der Waals surface area contributed by atoms with Crippen LogP contribution in [0.4, 0.5) is 0 Å². The standard InChI is InChI=1S/C18H14IN3OS/c19-15-7-3-1-6-14(15)11-20-22-17(23)12-24-18-10-9-13-5-2-4-8-16(13)21-18/h1-11H,12H2,(H,22,23)/b20-11-. The number of carbonyl (C=O) groups excluding carboxylic acids is 1. The van der Waals surface area contributed by atoms with Crippen molar-refractivity contribution in [1.82, 2.24) is 10.4 Å². The van der Waals surface area contributed by atoms with Crippen molar-refractivity contribution in [2.45, 2.75) is 5.03 Å². The van der Waals surface area contributed by atoms with Crippen molar-refractivity contribution in [3.8, 4) is 0 Å². The number of pyridine rings is 1. The Hall–Kier alpha value is -1.93. The highest BCUT2D eigenvalue weighted by Crippen LogP contribution is 2.19. The van der Waals surface area contributed by atoms with Crippen LogP contribution in [0, 0.1) is 3.57 Å². The molecule has 0 unspecified atom stereocenters. The number of rotatable bonds is 5. The Balaban J connectivity index is 1.54. The van der Waals surface area contributed by atoms with Gasteiger partial charge in [0.25, 0.3) is 0 Å². The third-order valence-corrected chi connectivity index (χ3v) is 5.13. The summed E-state index contributed by atoms with van der Waals surface area (Å²) < 4.78 is 1.09. The Kier molecular flexibility index (Phi) is 5.81. The van der Waals surface area contributed by atoms with E-state index in [1.54, 1.807) is 6.21 Å². The molecule has 0 aliphatic rings. The minimum atomic E-state index is -0.155. The summed E-state index contributed by atoms with van der Waals surface area (Å²) in [6.45, 7) is 0. The fraction of sp³-hybridized carbons (Fsp3) is 0.0556. The molecule has 120 valence electrons. The first-order valence-electron chi connectivity index (χ1n) is 7.27. The first-order chi connectivity index (χ1) is 11.7. The summed E-state index contributed by atoms with van der Waals surface area (Å²) >= 11 is 3.63. The van der Waals surface area contributed by atoms with Crippen molar-refractivity contribution in [3.05, 3.63) is 69.8 Å². The van der Waals surface area contributed by atoms with Gasteiger partial charge in [-0.05, 0) is 40.8 Å². The van der Waals surface area contributed by atoms with E-state index in [1.165, 1.54) is 11.8 Å². The molecule has 3 rings (SSSR count). The molecule has 1 amide bonds. The van der Waals surface area contributed by atoms with Gasteiger partial charge in [0.1, 0.15) is 0 Å². The molecule has 0 atom stereocenters. The summed E-state index contributed by atoms with van der Waals surface area (Å²) in [5.74, 6) is 0.117. The average Bonchev–Trinajstić information content (AvgIpc) is 2.61. The maximum absolute atomic E-state index is 11.9. The molecule has 0 bridgehead atoms. The maximum atomic E-state index is 11.9. The zero-order valence-corrected chi connectivity index (χ0v) is 15.6. The molecule has 2 aromatic carbocycles. The lowest BCUT2D eigenvalue weighted by molar-refractivity contribution is -0.118. The number of hydrazone groups is 1. The third kappa shape index (κ3) is 4.55. The van der Waals surface area contributed by atoms with E-state index in [1.807, 2.05) is 60.7 Å². The van der Waals surface area contributed by atoms with Gasteiger partial charge in [0, 0.05) is 14.5 Å². The molecule has 1 aromatic heterocycles. The number of nitrogens with zero attached hydrogens (tertiary/aromatic N) is 2. The Labute approximate surface area is 157 Å². The minimum absolute atomic E-state index is 0.155. The molecule has 24 heavy (non-hydrogen) atoms. The molecule has 0 saturated carbocycles. The van der Waals surface area contributed by atoms with Gasteiger partial charge in [-0.1, -0.05) is 54.2 Å². The first kappa shape index (κ1) is 16.9. The molecule has 0 saturated heterocycles. The Bertz CT molecular complexity index is 898. The Morgan fingerprint density at radius 3 is 2.79 bits per heavy atom. The van der Waals surface area contributed by atoms with E-state index in [0.717, 1.165) is 25.1 Å². The van der Waals surface area contributed by atoms with Gasteiger partial charge in [-0.15, -0.1) is 0 Å². The molecule has 0 aliphatic heterocycles. The second kappa shape index (κ2) is 8.25. The average molecular weight is 447 g/mol. The minimum Gasteiger partial charge on any atom is -0.272 e. The van der Waals surface area contributed by atoms with Crippen molar-refractivity contribution in [1.29, 1.82) is 0 Å². The van der Waals surface area contributed by atoms with Crippen molar-refractivity contribution in [2.24, 2.45) is 5.10 Å². The lowest BCUT2D eigenvalue weighted by atomic mass is 10.2. The normalized spacial score (nSPS) is 11.0. The van der Waals surface area contributed by atoms with Gasteiger partial charge >= 0.3 is 0 Å². The summed E-state index contributed by atoms with van der Waals surface area (Å²) in [5, 5.41) is 5.92. The Morgan fingerprint density at radius 2 is 1.92 bits per heavy atom. The van der Waals surface area contributed by atoms with E-state index in [-0.39, 0.29) is 11.7 Å². The Morgan fingerprint density at radius 1 is 1.12 bits per heavy atom. The van der Waals surface area contributed by atoms with E-state index >= 15 is 0 Å². The summed E-state index contributed by atoms with van der Waals surface area (Å²) in [7, 11) is 0. The molecular weight excluding hydrogens is 433 g/mol. The molecule has 0 fully saturated rings. The number of fused-ring (bicyclic) bond motifs is 1. The molecular formula is C18H14IN3OS. The van der Waals surface area contributed by atoms with Crippen LogP contribution in [0.1, 0.15) is 5.56 Å². The van der Waals surface area contributed by atoms with Gasteiger partial charge in [-0.3, -0.25) is 4.79 Å². The van der Waals surface area contributed by atoms with Crippen LogP contribution in [0.15, 0.2) is 70.8 Å². The van der Waals surface area contributed by atoms with Crippen LogP contribution < -0.4 is 5.43 Å². The molecule has 4 nitrogen and oxygen atoms in total. The van der Waals surface area contributed by atoms with E-state index in [2.05, 4.69) is 38.1 Å². The number of halogens is 1. The molecule has 3 aromatic rings. The largest absolute Gasteiger partial charge is 0.272 e. The van der Waals surface area contributed by atoms with Gasteiger partial charge in [-0.2, -0.15) is 5.10 Å². The zero-order chi connectivity index (χ0) is 16.8. The quantitative estimate of drug-likeness (QED) is 0.278. The highest BCUT2D eigenvalue weighted by Gasteiger charge is 2.04. The zero-order valence-electron chi connectivity index (χ0n) is 12.6. The number of nitrogens with one attached hydrogen (secondary N) is 1. The van der Waals surface area contributed by atoms with Gasteiger partial charge in [-0.25, -0.2) is 10.4 Å². The van der Waals surface area contributed by atoms with Crippen LogP contribution in [0.2, 0.25) is 0 Å². The predicted octanol–water partition coefficient (Wildman–Crippen LogP) is 4.08. The molecule has 1 heterocycles. The van der Waals surface area contributed by atoms with Crippen LogP contribution in [-0.2, 0) is 4.79 Å². The predicted molar refractivity (Wildman–Crippen MR) is 107 cm³/mol. The van der Waals surface area contributed by atoms with Crippen molar-refractivity contribution < 1.29 is 4.79 Å². The van der Waals surface area contributed by atoms with E-state index < -0.39 is 0 Å². The molecule has 0 spiro atoms. The number of hydrogen-bond donors (Lipinski definition) is 1. The van der Waals surface area contributed by atoms with Gasteiger partial charge in [0.2, 0.25) is 5.91 Å². The topological polar surface area (TPSA) is 54.4 Å². The fourth-order valence-corrected chi connectivity index (χ4v) is 3.25. The smallest absolute Gasteiger partial charge is 0.250 e. The number of amides is 1. The highest BCUT2D eigenvalue weighted by molar-refractivity contribution is 14.1. The van der Waals surface area contributed by atoms with Crippen LogP contribution in [-0.4, -0.2) is 22.9 Å². The number of para-hydroxylation sites is 1. The summed E-state index contributed by atoms with van der Waals surface area (Å²) in [5.41, 5.74) is 4.45. The lowest BCUT2D eigenvalue weighted by Crippen LogP contribution is -2.19. The fourth-order valence-electron chi connectivity index (χ4n) is 2.05. The number of benzene rings is 2. The number of thioether (sulfide) groups is 1. The molecule has 1 N–H and O–H groups in total. The van der Waals surface area contributed by atoms with Crippen molar-refractivity contribution in [3.63, 3.8) is 0 Å². The maximum Gasteiger partial charge on any atom is 0.250 e. The van der Waals surface area contributed by atoms with E-state index in [9.17, 15) is 4.79 Å². The van der Waals surface area contributed by atoms with Crippen LogP contribution in [0.25, 0.3) is 10.9 Å². The molecule has 0 radical (unpaired) electrons.